The second-order valence-corrected chi connectivity index (χ2v) is 9.84. The molecule has 0 amide bonds. The van der Waals surface area contributed by atoms with Crippen LogP contribution in [0.3, 0.4) is 0 Å². The molecule has 3 aromatic rings. The summed E-state index contributed by atoms with van der Waals surface area (Å²) in [6.07, 6.45) is 1.90. The number of aromatic nitrogens is 4. The standard InChI is InChI=1S/C19H24N4O3S2/c1-13(2)5-10-17-20-15(11-27-17)12-28(24,25)19-22-21-18(23(19)3)14-6-8-16(26-4)9-7-14/h6-9,11,13H,5,10,12H2,1-4H3. The monoisotopic (exact) mass is 420 g/mol. The van der Waals surface area contributed by atoms with Crippen molar-refractivity contribution in [2.45, 2.75) is 37.6 Å². The molecule has 0 fully saturated rings. The van der Waals surface area contributed by atoms with Gasteiger partial charge in [0.2, 0.25) is 15.0 Å². The van der Waals surface area contributed by atoms with E-state index >= 15 is 0 Å². The highest BCUT2D eigenvalue weighted by molar-refractivity contribution is 7.90. The van der Waals surface area contributed by atoms with Crippen molar-refractivity contribution in [3.8, 4) is 17.1 Å². The fraction of sp³-hybridized carbons (Fsp3) is 0.421. The van der Waals surface area contributed by atoms with Gasteiger partial charge in [-0.2, -0.15) is 0 Å². The van der Waals surface area contributed by atoms with Crippen LogP contribution in [-0.4, -0.2) is 35.3 Å². The molecule has 0 bridgehead atoms. The van der Waals surface area contributed by atoms with Crippen LogP contribution in [0.4, 0.5) is 0 Å². The molecule has 28 heavy (non-hydrogen) atoms. The summed E-state index contributed by atoms with van der Waals surface area (Å²) < 4.78 is 32.4. The molecule has 0 radical (unpaired) electrons. The van der Waals surface area contributed by atoms with Crippen LogP contribution in [0.15, 0.2) is 34.8 Å². The number of sulfone groups is 1. The minimum atomic E-state index is -3.65. The molecule has 0 N–H and O–H groups in total. The van der Waals surface area contributed by atoms with E-state index in [2.05, 4.69) is 29.0 Å². The lowest BCUT2D eigenvalue weighted by molar-refractivity contribution is 0.415. The summed E-state index contributed by atoms with van der Waals surface area (Å²) in [5.74, 6) is 1.61. The number of methoxy groups -OCH3 is 1. The minimum absolute atomic E-state index is 0.0601. The lowest BCUT2D eigenvalue weighted by Gasteiger charge is -2.05. The van der Waals surface area contributed by atoms with Crippen LogP contribution in [0.1, 0.15) is 31.0 Å². The second-order valence-electron chi connectivity index (χ2n) is 7.02. The summed E-state index contributed by atoms with van der Waals surface area (Å²) >= 11 is 1.51. The first-order valence-corrected chi connectivity index (χ1v) is 11.5. The highest BCUT2D eigenvalue weighted by Gasteiger charge is 2.25. The molecule has 0 saturated heterocycles. The van der Waals surface area contributed by atoms with E-state index in [1.807, 2.05) is 17.5 Å². The van der Waals surface area contributed by atoms with Crippen molar-refractivity contribution >= 4 is 21.2 Å². The molecule has 2 aromatic heterocycles. The number of hydrogen-bond acceptors (Lipinski definition) is 7. The first-order chi connectivity index (χ1) is 13.3. The molecule has 3 rings (SSSR count). The van der Waals surface area contributed by atoms with Crippen LogP contribution in [0.5, 0.6) is 5.75 Å². The van der Waals surface area contributed by atoms with Crippen molar-refractivity contribution < 1.29 is 13.2 Å². The topological polar surface area (TPSA) is 87.0 Å². The van der Waals surface area contributed by atoms with Crippen LogP contribution < -0.4 is 4.74 Å². The number of ether oxygens (including phenoxy) is 1. The summed E-state index contributed by atoms with van der Waals surface area (Å²) in [5, 5.41) is 10.7. The highest BCUT2D eigenvalue weighted by atomic mass is 32.2. The smallest absolute Gasteiger partial charge is 0.250 e. The molecule has 150 valence electrons. The van der Waals surface area contributed by atoms with Crippen molar-refractivity contribution in [1.82, 2.24) is 19.7 Å². The first-order valence-electron chi connectivity index (χ1n) is 9.00. The molecule has 9 heteroatoms. The zero-order valence-electron chi connectivity index (χ0n) is 16.4. The van der Waals surface area contributed by atoms with Crippen LogP contribution >= 0.6 is 11.3 Å². The Kier molecular flexibility index (Phi) is 6.14. The Morgan fingerprint density at radius 2 is 1.89 bits per heavy atom. The number of aryl methyl sites for hydroxylation is 1. The fourth-order valence-corrected chi connectivity index (χ4v) is 5.03. The van der Waals surface area contributed by atoms with E-state index in [0.29, 0.717) is 17.4 Å². The Morgan fingerprint density at radius 1 is 1.18 bits per heavy atom. The SMILES string of the molecule is COc1ccc(-c2nnc(S(=O)(=O)Cc3csc(CCC(C)C)n3)n2C)cc1. The molecular weight excluding hydrogens is 396 g/mol. The average molecular weight is 421 g/mol. The van der Waals surface area contributed by atoms with Gasteiger partial charge in [-0.3, -0.25) is 0 Å². The van der Waals surface area contributed by atoms with Crippen LogP contribution in [0.2, 0.25) is 0 Å². The van der Waals surface area contributed by atoms with Gasteiger partial charge in [0.1, 0.15) is 11.5 Å². The van der Waals surface area contributed by atoms with E-state index in [0.717, 1.165) is 29.2 Å². The summed E-state index contributed by atoms with van der Waals surface area (Å²) in [4.78, 5) is 4.47. The zero-order chi connectivity index (χ0) is 20.3. The fourth-order valence-electron chi connectivity index (χ4n) is 2.78. The van der Waals surface area contributed by atoms with Gasteiger partial charge in [-0.1, -0.05) is 13.8 Å². The van der Waals surface area contributed by atoms with Gasteiger partial charge in [0.25, 0.3) is 0 Å². The largest absolute Gasteiger partial charge is 0.497 e. The Bertz CT molecular complexity index is 1040. The van der Waals surface area contributed by atoms with Gasteiger partial charge >= 0.3 is 0 Å². The molecule has 0 unspecified atom stereocenters. The van der Waals surface area contributed by atoms with E-state index in [4.69, 9.17) is 4.74 Å². The van der Waals surface area contributed by atoms with Crippen molar-refractivity contribution in [1.29, 1.82) is 0 Å². The molecule has 1 aromatic carbocycles. The number of nitrogens with zero attached hydrogens (tertiary/aromatic N) is 4. The van der Waals surface area contributed by atoms with Gasteiger partial charge in [0.15, 0.2) is 5.82 Å². The average Bonchev–Trinajstić information content (AvgIpc) is 3.26. The molecule has 0 aliphatic heterocycles. The summed E-state index contributed by atoms with van der Waals surface area (Å²) in [6, 6.07) is 7.24. The number of hydrogen-bond donors (Lipinski definition) is 0. The van der Waals surface area contributed by atoms with Gasteiger partial charge in [-0.05, 0) is 43.0 Å². The molecule has 0 aliphatic carbocycles. The Labute approximate surface area is 169 Å². The third-order valence-corrected chi connectivity index (χ3v) is 6.88. The normalized spacial score (nSPS) is 11.9. The summed E-state index contributed by atoms with van der Waals surface area (Å²) in [5.41, 5.74) is 1.32. The van der Waals surface area contributed by atoms with E-state index < -0.39 is 9.84 Å². The van der Waals surface area contributed by atoms with Gasteiger partial charge in [-0.25, -0.2) is 13.4 Å². The Hall–Kier alpha value is -2.26. The van der Waals surface area contributed by atoms with Crippen LogP contribution in [-0.2, 0) is 29.1 Å². The molecule has 0 atom stereocenters. The third kappa shape index (κ3) is 4.59. The predicted octanol–water partition coefficient (Wildman–Crippen LogP) is 3.51. The Morgan fingerprint density at radius 3 is 2.54 bits per heavy atom. The van der Waals surface area contributed by atoms with E-state index in [9.17, 15) is 8.42 Å². The highest BCUT2D eigenvalue weighted by Crippen LogP contribution is 2.24. The molecular formula is C19H24N4O3S2. The van der Waals surface area contributed by atoms with E-state index in [1.54, 1.807) is 26.3 Å². The van der Waals surface area contributed by atoms with Crippen LogP contribution in [0, 0.1) is 5.92 Å². The minimum Gasteiger partial charge on any atom is -0.497 e. The predicted molar refractivity (Wildman–Crippen MR) is 109 cm³/mol. The molecule has 0 spiro atoms. The quantitative estimate of drug-likeness (QED) is 0.554. The van der Waals surface area contributed by atoms with Gasteiger partial charge in [0, 0.05) is 18.0 Å². The lowest BCUT2D eigenvalue weighted by atomic mass is 10.1. The maximum absolute atomic E-state index is 12.9. The third-order valence-electron chi connectivity index (χ3n) is 4.33. The van der Waals surface area contributed by atoms with E-state index in [-0.39, 0.29) is 10.9 Å². The maximum atomic E-state index is 12.9. The lowest BCUT2D eigenvalue weighted by Crippen LogP contribution is -2.12. The summed E-state index contributed by atoms with van der Waals surface area (Å²) in [7, 11) is -0.407. The van der Waals surface area contributed by atoms with Crippen LogP contribution in [0.25, 0.3) is 11.4 Å². The molecule has 7 nitrogen and oxygen atoms in total. The molecule has 0 aliphatic rings. The number of rotatable bonds is 8. The molecule has 0 saturated carbocycles. The van der Waals surface area contributed by atoms with Crippen molar-refractivity contribution in [2.75, 3.05) is 7.11 Å². The number of thiazole rings is 1. The van der Waals surface area contributed by atoms with Gasteiger partial charge < -0.3 is 9.30 Å². The molecule has 2 heterocycles. The van der Waals surface area contributed by atoms with Crippen molar-refractivity contribution in [2.24, 2.45) is 13.0 Å². The zero-order valence-corrected chi connectivity index (χ0v) is 18.0. The maximum Gasteiger partial charge on any atom is 0.250 e. The van der Waals surface area contributed by atoms with Gasteiger partial charge in [0.05, 0.1) is 17.8 Å². The van der Waals surface area contributed by atoms with E-state index in [1.165, 1.54) is 15.9 Å². The van der Waals surface area contributed by atoms with Gasteiger partial charge in [-0.15, -0.1) is 21.5 Å². The Balaban J connectivity index is 1.79. The summed E-state index contributed by atoms with van der Waals surface area (Å²) in [6.45, 7) is 4.32. The number of benzene rings is 1. The first kappa shape index (κ1) is 20.5. The second kappa shape index (κ2) is 8.40. The van der Waals surface area contributed by atoms with Crippen molar-refractivity contribution in [3.63, 3.8) is 0 Å². The van der Waals surface area contributed by atoms with Crippen molar-refractivity contribution in [3.05, 3.63) is 40.3 Å².